The van der Waals surface area contributed by atoms with E-state index in [0.717, 1.165) is 26.2 Å². The Labute approximate surface area is 99.1 Å². The molecule has 0 aliphatic carbocycles. The summed E-state index contributed by atoms with van der Waals surface area (Å²) in [5.74, 6) is 0. The number of benzene rings is 1. The molecule has 0 aromatic heterocycles. The molecule has 15 heavy (non-hydrogen) atoms. The molecule has 0 saturated carbocycles. The van der Waals surface area contributed by atoms with E-state index in [9.17, 15) is 0 Å². The SMILES string of the molecule is Cc1cccc(CN[C@H]2CCOC2)c1Br. The molecule has 82 valence electrons. The zero-order valence-corrected chi connectivity index (χ0v) is 10.5. The van der Waals surface area contributed by atoms with E-state index in [1.807, 2.05) is 0 Å². The second kappa shape index (κ2) is 5.10. The third-order valence-corrected chi connectivity index (χ3v) is 3.92. The minimum Gasteiger partial charge on any atom is -0.380 e. The first-order valence-corrected chi connectivity index (χ1v) is 6.12. The summed E-state index contributed by atoms with van der Waals surface area (Å²) in [6, 6.07) is 6.89. The third-order valence-electron chi connectivity index (χ3n) is 2.78. The van der Waals surface area contributed by atoms with E-state index >= 15 is 0 Å². The summed E-state index contributed by atoms with van der Waals surface area (Å²) in [7, 11) is 0. The molecular formula is C12H16BrNO. The van der Waals surface area contributed by atoms with Crippen molar-refractivity contribution in [3.05, 3.63) is 33.8 Å². The van der Waals surface area contributed by atoms with Crippen LogP contribution >= 0.6 is 15.9 Å². The lowest BCUT2D eigenvalue weighted by Gasteiger charge is -2.12. The van der Waals surface area contributed by atoms with E-state index in [1.165, 1.54) is 15.6 Å². The minimum absolute atomic E-state index is 0.525. The van der Waals surface area contributed by atoms with E-state index in [-0.39, 0.29) is 0 Å². The normalized spacial score (nSPS) is 20.8. The van der Waals surface area contributed by atoms with Gasteiger partial charge in [0, 0.05) is 23.7 Å². The summed E-state index contributed by atoms with van der Waals surface area (Å²) in [6.45, 7) is 4.78. The zero-order chi connectivity index (χ0) is 10.7. The molecule has 0 bridgehead atoms. The Hall–Kier alpha value is -0.380. The molecule has 1 aliphatic rings. The van der Waals surface area contributed by atoms with Crippen molar-refractivity contribution in [2.45, 2.75) is 25.9 Å². The van der Waals surface area contributed by atoms with E-state index < -0.39 is 0 Å². The van der Waals surface area contributed by atoms with Gasteiger partial charge in [0.1, 0.15) is 0 Å². The van der Waals surface area contributed by atoms with Gasteiger partial charge in [-0.3, -0.25) is 0 Å². The average Bonchev–Trinajstić information content (AvgIpc) is 2.73. The maximum atomic E-state index is 5.33. The first kappa shape index (κ1) is 11.1. The molecule has 0 amide bonds. The van der Waals surface area contributed by atoms with Crippen molar-refractivity contribution >= 4 is 15.9 Å². The summed E-state index contributed by atoms with van der Waals surface area (Å²) in [5, 5.41) is 3.51. The minimum atomic E-state index is 0.525. The molecule has 2 rings (SSSR count). The topological polar surface area (TPSA) is 21.3 Å². The van der Waals surface area contributed by atoms with Crippen molar-refractivity contribution in [1.29, 1.82) is 0 Å². The molecule has 1 heterocycles. The average molecular weight is 270 g/mol. The van der Waals surface area contributed by atoms with Crippen LogP contribution in [0.25, 0.3) is 0 Å². The van der Waals surface area contributed by atoms with E-state index in [4.69, 9.17) is 4.74 Å². The largest absolute Gasteiger partial charge is 0.380 e. The van der Waals surface area contributed by atoms with Crippen LogP contribution in [0.15, 0.2) is 22.7 Å². The van der Waals surface area contributed by atoms with Crippen molar-refractivity contribution in [3.63, 3.8) is 0 Å². The van der Waals surface area contributed by atoms with E-state index in [1.54, 1.807) is 0 Å². The van der Waals surface area contributed by atoms with Gasteiger partial charge in [0.25, 0.3) is 0 Å². The Morgan fingerprint density at radius 1 is 1.53 bits per heavy atom. The summed E-state index contributed by atoms with van der Waals surface area (Å²) < 4.78 is 6.54. The number of nitrogens with one attached hydrogen (secondary N) is 1. The monoisotopic (exact) mass is 269 g/mol. The second-order valence-corrected chi connectivity index (χ2v) is 4.78. The van der Waals surface area contributed by atoms with Crippen LogP contribution in [-0.4, -0.2) is 19.3 Å². The van der Waals surface area contributed by atoms with Crippen LogP contribution in [0.5, 0.6) is 0 Å². The summed E-state index contributed by atoms with van der Waals surface area (Å²) >= 11 is 3.62. The standard InChI is InChI=1S/C12H16BrNO/c1-9-3-2-4-10(12(9)13)7-14-11-5-6-15-8-11/h2-4,11,14H,5-8H2,1H3/t11-/m0/s1. The van der Waals surface area contributed by atoms with E-state index in [2.05, 4.69) is 46.4 Å². The Morgan fingerprint density at radius 3 is 3.13 bits per heavy atom. The lowest BCUT2D eigenvalue weighted by Crippen LogP contribution is -2.28. The lowest BCUT2D eigenvalue weighted by atomic mass is 10.1. The van der Waals surface area contributed by atoms with Gasteiger partial charge in [0.15, 0.2) is 0 Å². The van der Waals surface area contributed by atoms with Crippen LogP contribution in [0.2, 0.25) is 0 Å². The quantitative estimate of drug-likeness (QED) is 0.911. The lowest BCUT2D eigenvalue weighted by molar-refractivity contribution is 0.190. The fourth-order valence-corrected chi connectivity index (χ4v) is 2.20. The highest BCUT2D eigenvalue weighted by atomic mass is 79.9. The Kier molecular flexibility index (Phi) is 3.78. The molecule has 1 fully saturated rings. The fraction of sp³-hybridized carbons (Fsp3) is 0.500. The smallest absolute Gasteiger partial charge is 0.0620 e. The third kappa shape index (κ3) is 2.80. The molecule has 1 aromatic carbocycles. The first-order valence-electron chi connectivity index (χ1n) is 5.32. The Morgan fingerprint density at radius 2 is 2.40 bits per heavy atom. The molecule has 1 aromatic rings. The highest BCUT2D eigenvalue weighted by molar-refractivity contribution is 9.10. The van der Waals surface area contributed by atoms with Crippen LogP contribution in [0.4, 0.5) is 0 Å². The van der Waals surface area contributed by atoms with Gasteiger partial charge >= 0.3 is 0 Å². The molecule has 0 spiro atoms. The molecule has 1 atom stereocenters. The van der Waals surface area contributed by atoms with Crippen molar-refractivity contribution in [2.75, 3.05) is 13.2 Å². The molecule has 1 saturated heterocycles. The molecule has 3 heteroatoms. The predicted octanol–water partition coefficient (Wildman–Crippen LogP) is 2.64. The summed E-state index contributed by atoms with van der Waals surface area (Å²) in [5.41, 5.74) is 2.61. The number of hydrogen-bond donors (Lipinski definition) is 1. The summed E-state index contributed by atoms with van der Waals surface area (Å²) in [6.07, 6.45) is 1.13. The number of hydrogen-bond acceptors (Lipinski definition) is 2. The predicted molar refractivity (Wildman–Crippen MR) is 64.9 cm³/mol. The summed E-state index contributed by atoms with van der Waals surface area (Å²) in [4.78, 5) is 0. The molecule has 2 nitrogen and oxygen atoms in total. The molecule has 0 unspecified atom stereocenters. The number of halogens is 1. The van der Waals surface area contributed by atoms with Gasteiger partial charge in [-0.15, -0.1) is 0 Å². The number of aryl methyl sites for hydroxylation is 1. The number of ether oxygens (including phenoxy) is 1. The van der Waals surface area contributed by atoms with Gasteiger partial charge in [-0.05, 0) is 24.5 Å². The maximum absolute atomic E-state index is 5.33. The van der Waals surface area contributed by atoms with Crippen molar-refractivity contribution in [2.24, 2.45) is 0 Å². The molecule has 0 radical (unpaired) electrons. The second-order valence-electron chi connectivity index (χ2n) is 3.99. The van der Waals surface area contributed by atoms with Crippen LogP contribution in [0.1, 0.15) is 17.5 Å². The molecule has 1 aliphatic heterocycles. The first-order chi connectivity index (χ1) is 7.27. The van der Waals surface area contributed by atoms with Gasteiger partial charge in [-0.2, -0.15) is 0 Å². The van der Waals surface area contributed by atoms with Crippen molar-refractivity contribution in [3.8, 4) is 0 Å². The van der Waals surface area contributed by atoms with Crippen LogP contribution in [-0.2, 0) is 11.3 Å². The van der Waals surface area contributed by atoms with Crippen molar-refractivity contribution in [1.82, 2.24) is 5.32 Å². The van der Waals surface area contributed by atoms with Gasteiger partial charge in [0.05, 0.1) is 6.61 Å². The van der Waals surface area contributed by atoms with Crippen molar-refractivity contribution < 1.29 is 4.74 Å². The molecule has 1 N–H and O–H groups in total. The van der Waals surface area contributed by atoms with Crippen LogP contribution in [0.3, 0.4) is 0 Å². The van der Waals surface area contributed by atoms with Gasteiger partial charge in [-0.25, -0.2) is 0 Å². The number of rotatable bonds is 3. The van der Waals surface area contributed by atoms with Crippen LogP contribution < -0.4 is 5.32 Å². The maximum Gasteiger partial charge on any atom is 0.0620 e. The zero-order valence-electron chi connectivity index (χ0n) is 8.92. The van der Waals surface area contributed by atoms with Gasteiger partial charge < -0.3 is 10.1 Å². The van der Waals surface area contributed by atoms with Gasteiger partial charge in [-0.1, -0.05) is 34.1 Å². The van der Waals surface area contributed by atoms with Crippen LogP contribution in [0, 0.1) is 6.92 Å². The van der Waals surface area contributed by atoms with Gasteiger partial charge in [0.2, 0.25) is 0 Å². The fourth-order valence-electron chi connectivity index (χ4n) is 1.79. The highest BCUT2D eigenvalue weighted by Crippen LogP contribution is 2.21. The Bertz CT molecular complexity index is 334. The Balaban J connectivity index is 1.95. The molecular weight excluding hydrogens is 254 g/mol. The highest BCUT2D eigenvalue weighted by Gasteiger charge is 2.14. The van der Waals surface area contributed by atoms with E-state index in [0.29, 0.717) is 6.04 Å².